The average Bonchev–Trinajstić information content (AvgIpc) is 4.01. The molecule has 4 heterocycles. The molecule has 17 heteroatoms. The number of ether oxygens (including phenoxy) is 9. The molecule has 15 nitrogen and oxygen atoms in total. The van der Waals surface area contributed by atoms with E-state index >= 15 is 0 Å². The third-order valence-corrected chi connectivity index (χ3v) is 11.6. The van der Waals surface area contributed by atoms with Gasteiger partial charge in [-0.25, -0.2) is 0 Å². The van der Waals surface area contributed by atoms with Gasteiger partial charge in [0.25, 0.3) is 0 Å². The molecular formula is C46H46Br2N6O9. The quantitative estimate of drug-likeness (QED) is 0.118. The second-order valence-corrected chi connectivity index (χ2v) is 15.7. The van der Waals surface area contributed by atoms with E-state index in [9.17, 15) is 10.5 Å². The van der Waals surface area contributed by atoms with E-state index < -0.39 is 11.8 Å². The number of rotatable bonds is 9. The molecule has 63 heavy (non-hydrogen) atoms. The summed E-state index contributed by atoms with van der Waals surface area (Å²) in [5.41, 5.74) is 23.4. The van der Waals surface area contributed by atoms with Gasteiger partial charge in [0.05, 0.1) is 49.2 Å². The first-order valence-corrected chi connectivity index (χ1v) is 20.9. The molecule has 0 bridgehead atoms. The van der Waals surface area contributed by atoms with Crippen LogP contribution in [0.5, 0.6) is 34.5 Å². The van der Waals surface area contributed by atoms with Gasteiger partial charge < -0.3 is 64.4 Å². The molecule has 6 N–H and O–H groups in total. The van der Waals surface area contributed by atoms with Gasteiger partial charge in [-0.05, 0) is 91.5 Å². The molecule has 0 amide bonds. The topological polar surface area (TPSA) is 214 Å². The maximum absolute atomic E-state index is 9.78. The molecule has 0 aliphatic carbocycles. The lowest BCUT2D eigenvalue weighted by Crippen LogP contribution is -2.21. The van der Waals surface area contributed by atoms with Crippen molar-refractivity contribution in [1.82, 2.24) is 4.57 Å². The van der Waals surface area contributed by atoms with Crippen LogP contribution in [0.15, 0.2) is 117 Å². The number of methoxy groups -OCH3 is 6. The summed E-state index contributed by atoms with van der Waals surface area (Å²) in [7, 11) is 9.55. The summed E-state index contributed by atoms with van der Waals surface area (Å²) in [6.45, 7) is 0. The number of allylic oxidation sites excluding steroid dienone is 2. The lowest BCUT2D eigenvalue weighted by molar-refractivity contribution is -0.185. The maximum Gasteiger partial charge on any atom is 0.205 e. The van der Waals surface area contributed by atoms with E-state index in [1.807, 2.05) is 77.6 Å². The van der Waals surface area contributed by atoms with Gasteiger partial charge in [-0.15, -0.1) is 0 Å². The number of nitrogen functional groups attached to an aromatic ring is 1. The summed E-state index contributed by atoms with van der Waals surface area (Å²) in [6.07, 6.45) is 5.69. The standard InChI is InChI=1S/C22H18BrN3O3.C18H16BrN3O3.C6H12O3/c1-27-19-10-13(9-17(23)21(19)28-2)20-15-6-5-14(26-7-3-4-8-26)11-18(15)29-22(25)16(20)12-24;1-23-15-6-9(5-13(19)17(15)24-2)16-11-4-3-10(21)7-14(11)25-18(22)12(16)8-20;1-7-5-3-4-6(8-2)9-5/h3-11,20H,25H2,1-2H3;3-7,16H,21-22H2,1-2H3;5-6H,3-4H2,1-2H3. The molecule has 328 valence electrons. The highest BCUT2D eigenvalue weighted by atomic mass is 79.9. The Bertz CT molecular complexity index is 2590. The van der Waals surface area contributed by atoms with E-state index in [-0.39, 0.29) is 24.3 Å². The number of hydrogen-bond acceptors (Lipinski definition) is 14. The number of halogens is 2. The largest absolute Gasteiger partial charge is 0.493 e. The monoisotopic (exact) mass is 984 g/mol. The van der Waals surface area contributed by atoms with Gasteiger partial charge in [0.2, 0.25) is 11.8 Å². The first-order chi connectivity index (χ1) is 30.4. The predicted molar refractivity (Wildman–Crippen MR) is 242 cm³/mol. The van der Waals surface area contributed by atoms with Gasteiger partial charge in [0.15, 0.2) is 35.6 Å². The van der Waals surface area contributed by atoms with Gasteiger partial charge in [-0.2, -0.15) is 10.5 Å². The Labute approximate surface area is 382 Å². The fraction of sp³-hybridized carbons (Fsp3) is 0.261. The van der Waals surface area contributed by atoms with Crippen molar-refractivity contribution in [2.24, 2.45) is 11.5 Å². The lowest BCUT2D eigenvalue weighted by atomic mass is 9.83. The van der Waals surface area contributed by atoms with Gasteiger partial charge in [-0.3, -0.25) is 0 Å². The Morgan fingerprint density at radius 2 is 1.08 bits per heavy atom. The summed E-state index contributed by atoms with van der Waals surface area (Å²) in [4.78, 5) is 0. The van der Waals surface area contributed by atoms with Gasteiger partial charge in [0.1, 0.15) is 34.8 Å². The maximum atomic E-state index is 9.78. The van der Waals surface area contributed by atoms with E-state index in [1.165, 1.54) is 0 Å². The van der Waals surface area contributed by atoms with Crippen LogP contribution >= 0.6 is 31.9 Å². The minimum Gasteiger partial charge on any atom is -0.493 e. The van der Waals surface area contributed by atoms with Crippen LogP contribution in [0.2, 0.25) is 0 Å². The molecule has 3 aliphatic rings. The highest BCUT2D eigenvalue weighted by Gasteiger charge is 2.34. The minimum atomic E-state index is -0.398. The van der Waals surface area contributed by atoms with Crippen LogP contribution in [0.25, 0.3) is 5.69 Å². The van der Waals surface area contributed by atoms with Crippen molar-refractivity contribution in [3.05, 3.63) is 139 Å². The molecule has 1 aromatic heterocycles. The van der Waals surface area contributed by atoms with Gasteiger partial charge in [-0.1, -0.05) is 12.1 Å². The number of fused-ring (bicyclic) bond motifs is 2. The number of hydrogen-bond donors (Lipinski definition) is 3. The van der Waals surface area contributed by atoms with Crippen LogP contribution in [0.3, 0.4) is 0 Å². The molecule has 4 unspecified atom stereocenters. The summed E-state index contributed by atoms with van der Waals surface area (Å²) in [5, 5.41) is 19.4. The molecular weight excluding hydrogens is 940 g/mol. The summed E-state index contributed by atoms with van der Waals surface area (Å²) >= 11 is 7.02. The SMILES string of the molecule is COC1CCC(OC)O1.COc1cc(C2C(C#N)=C(N)Oc3cc(-n4cccc4)ccc32)cc(Br)c1OC.COc1cc(C2C(C#N)=C(N)Oc3cc(N)ccc32)cc(Br)c1OC. The van der Waals surface area contributed by atoms with Crippen molar-refractivity contribution in [1.29, 1.82) is 10.5 Å². The first kappa shape index (κ1) is 46.2. The molecule has 0 radical (unpaired) electrons. The zero-order chi connectivity index (χ0) is 45.4. The number of nitrogens with zero attached hydrogens (tertiary/aromatic N) is 3. The van der Waals surface area contributed by atoms with Crippen molar-refractivity contribution in [3.8, 4) is 52.3 Å². The molecule has 8 rings (SSSR count). The first-order valence-electron chi connectivity index (χ1n) is 19.3. The summed E-state index contributed by atoms with van der Waals surface area (Å²) in [6, 6.07) is 26.9. The van der Waals surface area contributed by atoms with Crippen LogP contribution in [0, 0.1) is 22.7 Å². The summed E-state index contributed by atoms with van der Waals surface area (Å²) < 4.78 is 51.6. The number of benzene rings is 4. The predicted octanol–water partition coefficient (Wildman–Crippen LogP) is 8.48. The third kappa shape index (κ3) is 9.83. The third-order valence-electron chi connectivity index (χ3n) is 10.4. The average molecular weight is 987 g/mol. The molecule has 1 fully saturated rings. The van der Waals surface area contributed by atoms with E-state index in [0.717, 1.165) is 45.3 Å². The van der Waals surface area contributed by atoms with Crippen LogP contribution in [-0.4, -0.2) is 59.8 Å². The number of nitriles is 2. The van der Waals surface area contributed by atoms with Crippen molar-refractivity contribution in [3.63, 3.8) is 0 Å². The number of anilines is 1. The molecule has 5 aromatic rings. The Hall–Kier alpha value is -6.34. The van der Waals surface area contributed by atoms with Crippen LogP contribution in [-0.2, 0) is 14.2 Å². The van der Waals surface area contributed by atoms with Crippen molar-refractivity contribution < 1.29 is 42.6 Å². The number of aromatic nitrogens is 1. The smallest absolute Gasteiger partial charge is 0.205 e. The van der Waals surface area contributed by atoms with Gasteiger partial charge >= 0.3 is 0 Å². The second-order valence-electron chi connectivity index (χ2n) is 14.0. The fourth-order valence-electron chi connectivity index (χ4n) is 7.40. The van der Waals surface area contributed by atoms with E-state index in [4.69, 9.17) is 59.8 Å². The van der Waals surface area contributed by atoms with Crippen LogP contribution in [0.1, 0.15) is 46.9 Å². The second kappa shape index (κ2) is 20.7. The van der Waals surface area contributed by atoms with E-state index in [0.29, 0.717) is 55.8 Å². The van der Waals surface area contributed by atoms with Crippen LogP contribution in [0.4, 0.5) is 5.69 Å². The normalized spacial score (nSPS) is 18.4. The molecule has 4 aromatic carbocycles. The molecule has 4 atom stereocenters. The molecule has 1 saturated heterocycles. The Morgan fingerprint density at radius 3 is 1.49 bits per heavy atom. The highest BCUT2D eigenvalue weighted by molar-refractivity contribution is 9.11. The Kier molecular flexibility index (Phi) is 15.2. The fourth-order valence-corrected chi connectivity index (χ4v) is 8.65. The van der Waals surface area contributed by atoms with E-state index in [1.54, 1.807) is 54.8 Å². The lowest BCUT2D eigenvalue weighted by Gasteiger charge is -2.27. The number of nitrogens with two attached hydrogens (primary N) is 3. The molecule has 3 aliphatic heterocycles. The molecule has 0 spiro atoms. The zero-order valence-electron chi connectivity index (χ0n) is 35.3. The zero-order valence-corrected chi connectivity index (χ0v) is 38.5. The van der Waals surface area contributed by atoms with Crippen molar-refractivity contribution in [2.45, 2.75) is 37.3 Å². The van der Waals surface area contributed by atoms with Crippen molar-refractivity contribution >= 4 is 37.5 Å². The van der Waals surface area contributed by atoms with Crippen molar-refractivity contribution in [2.75, 3.05) is 48.4 Å². The highest BCUT2D eigenvalue weighted by Crippen LogP contribution is 2.48. The Morgan fingerprint density at radius 1 is 0.619 bits per heavy atom. The molecule has 0 saturated carbocycles. The minimum absolute atomic E-state index is 0.0463. The van der Waals surface area contributed by atoms with E-state index in [2.05, 4.69) is 44.0 Å². The summed E-state index contributed by atoms with van der Waals surface area (Å²) in [5.74, 6) is 2.79. The van der Waals surface area contributed by atoms with Gasteiger partial charge in [0, 0.05) is 74.1 Å². The van der Waals surface area contributed by atoms with Crippen LogP contribution < -0.4 is 45.6 Å². The Balaban J connectivity index is 0.000000177.